The Morgan fingerprint density at radius 2 is 2.24 bits per heavy atom. The number of azide groups is 1. The van der Waals surface area contributed by atoms with Gasteiger partial charge in [0.15, 0.2) is 0 Å². The number of hydrogen-bond acceptors (Lipinski definition) is 3. The molecule has 1 N–H and O–H groups in total. The second-order valence-electron chi connectivity index (χ2n) is 4.52. The van der Waals surface area contributed by atoms with Crippen LogP contribution in [-0.4, -0.2) is 29.5 Å². The Morgan fingerprint density at radius 1 is 1.59 bits per heavy atom. The lowest BCUT2D eigenvalue weighted by molar-refractivity contribution is -0.0328. The first-order valence-corrected chi connectivity index (χ1v) is 6.17. The van der Waals surface area contributed by atoms with Crippen LogP contribution in [0.2, 0.25) is 0 Å². The highest BCUT2D eigenvalue weighted by atomic mass is 16.5. The van der Waals surface area contributed by atoms with Gasteiger partial charge in [0.2, 0.25) is 0 Å². The predicted octanol–water partition coefficient (Wildman–Crippen LogP) is 2.95. The minimum absolute atomic E-state index is 0.144. The summed E-state index contributed by atoms with van der Waals surface area (Å²) in [7, 11) is 0. The van der Waals surface area contributed by atoms with E-state index in [0.29, 0.717) is 6.42 Å². The summed E-state index contributed by atoms with van der Waals surface area (Å²) in [5.74, 6) is 0. The van der Waals surface area contributed by atoms with Crippen molar-refractivity contribution in [1.29, 1.82) is 0 Å². The molecule has 5 heteroatoms. The van der Waals surface area contributed by atoms with E-state index in [-0.39, 0.29) is 12.2 Å². The van der Waals surface area contributed by atoms with Crippen LogP contribution < -0.4 is 0 Å². The molecule has 1 rings (SSSR count). The van der Waals surface area contributed by atoms with Crippen molar-refractivity contribution in [3.63, 3.8) is 0 Å². The topological polar surface area (TPSA) is 78.2 Å². The second-order valence-corrected chi connectivity index (χ2v) is 4.52. The molecule has 1 aliphatic rings. The summed E-state index contributed by atoms with van der Waals surface area (Å²) >= 11 is 0. The van der Waals surface area contributed by atoms with Crippen LogP contribution in [0, 0.1) is 0 Å². The third kappa shape index (κ3) is 3.73. The summed E-state index contributed by atoms with van der Waals surface area (Å²) < 4.78 is 5.89. The SMILES string of the molecule is CCC(CC)OC1C=C(C)CC(O)C1N=[N+]=[N-]. The molecule has 0 amide bonds. The molecule has 0 aromatic rings. The molecule has 0 aliphatic heterocycles. The molecule has 0 aromatic carbocycles. The average molecular weight is 239 g/mol. The number of rotatable bonds is 5. The van der Waals surface area contributed by atoms with Crippen LogP contribution in [0.5, 0.6) is 0 Å². The van der Waals surface area contributed by atoms with Gasteiger partial charge in [0.05, 0.1) is 24.4 Å². The molecule has 5 nitrogen and oxygen atoms in total. The van der Waals surface area contributed by atoms with Crippen molar-refractivity contribution in [2.24, 2.45) is 5.11 Å². The third-order valence-electron chi connectivity index (χ3n) is 3.16. The van der Waals surface area contributed by atoms with Crippen LogP contribution in [0.15, 0.2) is 16.8 Å². The Labute approximate surface area is 102 Å². The highest BCUT2D eigenvalue weighted by Gasteiger charge is 2.32. The van der Waals surface area contributed by atoms with E-state index in [2.05, 4.69) is 23.9 Å². The highest BCUT2D eigenvalue weighted by Crippen LogP contribution is 2.25. The van der Waals surface area contributed by atoms with Crippen LogP contribution in [0.3, 0.4) is 0 Å². The van der Waals surface area contributed by atoms with Gasteiger partial charge in [-0.25, -0.2) is 0 Å². The Bertz CT molecular complexity index is 320. The fraction of sp³-hybridized carbons (Fsp3) is 0.833. The first kappa shape index (κ1) is 14.0. The standard InChI is InChI=1S/C12H21N3O2/c1-4-9(5-2)17-11-7-8(3)6-10(16)12(11)14-15-13/h7,9-12,16H,4-6H2,1-3H3. The van der Waals surface area contributed by atoms with E-state index in [1.807, 2.05) is 13.0 Å². The van der Waals surface area contributed by atoms with Crippen LogP contribution in [-0.2, 0) is 4.74 Å². The molecule has 0 radical (unpaired) electrons. The van der Waals surface area contributed by atoms with Crippen LogP contribution in [0.1, 0.15) is 40.0 Å². The van der Waals surface area contributed by atoms with E-state index in [4.69, 9.17) is 10.3 Å². The number of hydrogen-bond donors (Lipinski definition) is 1. The Morgan fingerprint density at radius 3 is 2.76 bits per heavy atom. The molecule has 0 heterocycles. The second kappa shape index (κ2) is 6.64. The summed E-state index contributed by atoms with van der Waals surface area (Å²) in [6.07, 6.45) is 3.54. The summed E-state index contributed by atoms with van der Waals surface area (Å²) in [5, 5.41) is 13.6. The molecule has 1 aliphatic carbocycles. The first-order chi connectivity index (χ1) is 8.12. The molecule has 17 heavy (non-hydrogen) atoms. The molecular formula is C12H21N3O2. The monoisotopic (exact) mass is 239 g/mol. The molecule has 3 atom stereocenters. The lowest BCUT2D eigenvalue weighted by Crippen LogP contribution is -2.41. The van der Waals surface area contributed by atoms with Crippen molar-refractivity contribution in [3.8, 4) is 0 Å². The molecule has 0 spiro atoms. The number of aliphatic hydroxyl groups is 1. The molecule has 0 aromatic heterocycles. The minimum Gasteiger partial charge on any atom is -0.392 e. The van der Waals surface area contributed by atoms with Crippen molar-refractivity contribution in [3.05, 3.63) is 22.1 Å². The normalized spacial score (nSPS) is 28.8. The molecule has 0 fully saturated rings. The van der Waals surface area contributed by atoms with E-state index < -0.39 is 12.1 Å². The van der Waals surface area contributed by atoms with E-state index in [1.54, 1.807) is 0 Å². The first-order valence-electron chi connectivity index (χ1n) is 6.17. The summed E-state index contributed by atoms with van der Waals surface area (Å²) in [6, 6.07) is -0.510. The van der Waals surface area contributed by atoms with Gasteiger partial charge < -0.3 is 9.84 Å². The van der Waals surface area contributed by atoms with Gasteiger partial charge in [-0.3, -0.25) is 0 Å². The largest absolute Gasteiger partial charge is 0.392 e. The van der Waals surface area contributed by atoms with Gasteiger partial charge in [0.1, 0.15) is 0 Å². The van der Waals surface area contributed by atoms with Crippen LogP contribution in [0.4, 0.5) is 0 Å². The summed E-state index contributed by atoms with van der Waals surface area (Å²) in [6.45, 7) is 6.08. The molecule has 96 valence electrons. The Hall–Kier alpha value is -1.03. The van der Waals surface area contributed by atoms with Crippen molar-refractivity contribution in [2.45, 2.75) is 64.4 Å². The average Bonchev–Trinajstić information content (AvgIpc) is 2.30. The van der Waals surface area contributed by atoms with Gasteiger partial charge in [-0.15, -0.1) is 0 Å². The van der Waals surface area contributed by atoms with Gasteiger partial charge >= 0.3 is 0 Å². The summed E-state index contributed by atoms with van der Waals surface area (Å²) in [5.41, 5.74) is 9.62. The van der Waals surface area contributed by atoms with Crippen LogP contribution >= 0.6 is 0 Å². The molecule has 0 saturated carbocycles. The fourth-order valence-electron chi connectivity index (χ4n) is 2.14. The Kier molecular flexibility index (Phi) is 5.48. The molecule has 0 saturated heterocycles. The zero-order chi connectivity index (χ0) is 12.8. The maximum absolute atomic E-state index is 9.91. The zero-order valence-corrected chi connectivity index (χ0v) is 10.7. The van der Waals surface area contributed by atoms with Crippen molar-refractivity contribution in [1.82, 2.24) is 0 Å². The highest BCUT2D eigenvalue weighted by molar-refractivity contribution is 5.14. The van der Waals surface area contributed by atoms with Gasteiger partial charge in [0.25, 0.3) is 0 Å². The van der Waals surface area contributed by atoms with Crippen molar-refractivity contribution in [2.75, 3.05) is 0 Å². The van der Waals surface area contributed by atoms with Gasteiger partial charge in [0, 0.05) is 4.91 Å². The van der Waals surface area contributed by atoms with Gasteiger partial charge in [-0.1, -0.05) is 30.6 Å². The smallest absolute Gasteiger partial charge is 0.0934 e. The van der Waals surface area contributed by atoms with Crippen LogP contribution in [0.25, 0.3) is 10.4 Å². The lowest BCUT2D eigenvalue weighted by atomic mass is 9.91. The number of aliphatic hydroxyl groups excluding tert-OH is 1. The predicted molar refractivity (Wildman–Crippen MR) is 66.6 cm³/mol. The van der Waals surface area contributed by atoms with Gasteiger partial charge in [-0.2, -0.15) is 0 Å². The maximum Gasteiger partial charge on any atom is 0.0934 e. The zero-order valence-electron chi connectivity index (χ0n) is 10.7. The van der Waals surface area contributed by atoms with Crippen molar-refractivity contribution < 1.29 is 9.84 Å². The fourth-order valence-corrected chi connectivity index (χ4v) is 2.14. The van der Waals surface area contributed by atoms with E-state index in [9.17, 15) is 5.11 Å². The van der Waals surface area contributed by atoms with Crippen molar-refractivity contribution >= 4 is 0 Å². The van der Waals surface area contributed by atoms with Gasteiger partial charge in [-0.05, 0) is 31.7 Å². The number of ether oxygens (including phenoxy) is 1. The van der Waals surface area contributed by atoms with E-state index >= 15 is 0 Å². The Balaban J connectivity index is 2.82. The third-order valence-corrected chi connectivity index (χ3v) is 3.16. The summed E-state index contributed by atoms with van der Waals surface area (Å²) in [4.78, 5) is 2.80. The molecule has 0 bridgehead atoms. The molecule has 3 unspecified atom stereocenters. The quantitative estimate of drug-likeness (QED) is 0.346. The van der Waals surface area contributed by atoms with E-state index in [0.717, 1.165) is 18.4 Å². The molecular weight excluding hydrogens is 218 g/mol. The maximum atomic E-state index is 9.91. The van der Waals surface area contributed by atoms with E-state index in [1.165, 1.54) is 0 Å². The number of nitrogens with zero attached hydrogens (tertiary/aromatic N) is 3. The lowest BCUT2D eigenvalue weighted by Gasteiger charge is -2.32. The minimum atomic E-state index is -0.643.